The zero-order valence-corrected chi connectivity index (χ0v) is 14.4. The molecule has 7 heteroatoms. The molecule has 2 rings (SSSR count). The molecule has 2 unspecified atom stereocenters. The van der Waals surface area contributed by atoms with Gasteiger partial charge in [0.2, 0.25) is 10.0 Å². The average Bonchev–Trinajstić information content (AvgIpc) is 3.07. The van der Waals surface area contributed by atoms with E-state index < -0.39 is 10.0 Å². The summed E-state index contributed by atoms with van der Waals surface area (Å²) in [6.07, 6.45) is 0.914. The van der Waals surface area contributed by atoms with Gasteiger partial charge in [-0.2, -0.15) is 0 Å². The van der Waals surface area contributed by atoms with Crippen LogP contribution in [0, 0.1) is 5.92 Å². The molecule has 1 aliphatic heterocycles. The topological polar surface area (TPSA) is 67.4 Å². The third-order valence-electron chi connectivity index (χ3n) is 3.64. The molecule has 5 nitrogen and oxygen atoms in total. The molecule has 21 heavy (non-hydrogen) atoms. The maximum Gasteiger partial charge on any atom is 0.241 e. The maximum absolute atomic E-state index is 12.4. The van der Waals surface area contributed by atoms with Crippen molar-refractivity contribution in [1.29, 1.82) is 0 Å². The molecule has 0 aromatic carbocycles. The lowest BCUT2D eigenvalue weighted by molar-refractivity contribution is 0.180. The van der Waals surface area contributed by atoms with Crippen molar-refractivity contribution in [2.45, 2.75) is 50.7 Å². The number of nitrogens with one attached hydrogen (secondary N) is 2. The van der Waals surface area contributed by atoms with Gasteiger partial charge in [-0.3, -0.25) is 0 Å². The molecule has 0 saturated carbocycles. The van der Waals surface area contributed by atoms with Crippen LogP contribution in [0.2, 0.25) is 0 Å². The van der Waals surface area contributed by atoms with Crippen LogP contribution >= 0.6 is 11.3 Å². The van der Waals surface area contributed by atoms with Crippen LogP contribution in [0.1, 0.15) is 32.1 Å². The predicted octanol–water partition coefficient (Wildman–Crippen LogP) is 1.95. The van der Waals surface area contributed by atoms with Gasteiger partial charge in [0.25, 0.3) is 0 Å². The molecular formula is C14H24N2O3S2. The fraction of sp³-hybridized carbons (Fsp3) is 0.714. The smallest absolute Gasteiger partial charge is 0.241 e. The van der Waals surface area contributed by atoms with E-state index in [1.165, 1.54) is 11.3 Å². The Morgan fingerprint density at radius 2 is 2.19 bits per heavy atom. The second-order valence-electron chi connectivity index (χ2n) is 5.82. The van der Waals surface area contributed by atoms with Crippen molar-refractivity contribution in [3.8, 4) is 0 Å². The number of rotatable bonds is 7. The molecule has 0 bridgehead atoms. The summed E-state index contributed by atoms with van der Waals surface area (Å²) >= 11 is 1.47. The van der Waals surface area contributed by atoms with Crippen LogP contribution in [0.15, 0.2) is 16.3 Å². The van der Waals surface area contributed by atoms with Gasteiger partial charge in [0.15, 0.2) is 0 Å². The minimum Gasteiger partial charge on any atom is -0.381 e. The number of ether oxygens (including phenoxy) is 1. The fourth-order valence-electron chi connectivity index (χ4n) is 2.25. The molecule has 1 fully saturated rings. The van der Waals surface area contributed by atoms with Crippen LogP contribution in [0.3, 0.4) is 0 Å². The summed E-state index contributed by atoms with van der Waals surface area (Å²) in [5.41, 5.74) is 0. The van der Waals surface area contributed by atoms with Gasteiger partial charge in [-0.1, -0.05) is 13.8 Å². The molecule has 1 aliphatic rings. The quantitative estimate of drug-likeness (QED) is 0.801. The van der Waals surface area contributed by atoms with E-state index in [0.717, 1.165) is 17.9 Å². The van der Waals surface area contributed by atoms with Crippen molar-refractivity contribution < 1.29 is 13.2 Å². The largest absolute Gasteiger partial charge is 0.381 e. The van der Waals surface area contributed by atoms with Crippen molar-refractivity contribution in [3.63, 3.8) is 0 Å². The standard InChI is InChI=1S/C14H24N2O3S2/c1-10(2)15-7-13-6-14(9-20-13)21(17,18)16-11(3)12-4-5-19-8-12/h6,9-12,15-16H,4-5,7-8H2,1-3H3. The lowest BCUT2D eigenvalue weighted by Crippen LogP contribution is -2.38. The number of sulfonamides is 1. The molecule has 0 spiro atoms. The minimum absolute atomic E-state index is 0.102. The Bertz CT molecular complexity index is 548. The molecule has 1 aromatic rings. The van der Waals surface area contributed by atoms with Gasteiger partial charge in [0.05, 0.1) is 11.5 Å². The van der Waals surface area contributed by atoms with Gasteiger partial charge in [0, 0.05) is 41.4 Å². The molecule has 1 saturated heterocycles. The van der Waals surface area contributed by atoms with Crippen molar-refractivity contribution in [2.75, 3.05) is 13.2 Å². The van der Waals surface area contributed by atoms with Crippen LogP contribution in [0.4, 0.5) is 0 Å². The Hall–Kier alpha value is -0.470. The van der Waals surface area contributed by atoms with E-state index in [2.05, 4.69) is 23.9 Å². The molecule has 1 aromatic heterocycles. The van der Waals surface area contributed by atoms with E-state index in [1.807, 2.05) is 6.92 Å². The highest BCUT2D eigenvalue weighted by Gasteiger charge is 2.27. The Balaban J connectivity index is 1.98. The first kappa shape index (κ1) is 16.9. The van der Waals surface area contributed by atoms with Gasteiger partial charge < -0.3 is 10.1 Å². The van der Waals surface area contributed by atoms with E-state index in [1.54, 1.807) is 11.4 Å². The predicted molar refractivity (Wildman–Crippen MR) is 85.0 cm³/mol. The molecule has 2 N–H and O–H groups in total. The zero-order chi connectivity index (χ0) is 15.5. The average molecular weight is 332 g/mol. The molecule has 2 atom stereocenters. The van der Waals surface area contributed by atoms with Crippen LogP contribution in [-0.2, 0) is 21.3 Å². The summed E-state index contributed by atoms with van der Waals surface area (Å²) in [5, 5.41) is 5.00. The second-order valence-corrected chi connectivity index (χ2v) is 8.53. The van der Waals surface area contributed by atoms with Crippen molar-refractivity contribution >= 4 is 21.4 Å². The summed E-state index contributed by atoms with van der Waals surface area (Å²) in [6.45, 7) is 8.10. The van der Waals surface area contributed by atoms with E-state index in [0.29, 0.717) is 24.1 Å². The Morgan fingerprint density at radius 3 is 2.81 bits per heavy atom. The third-order valence-corrected chi connectivity index (χ3v) is 6.26. The van der Waals surface area contributed by atoms with E-state index >= 15 is 0 Å². The summed E-state index contributed by atoms with van der Waals surface area (Å²) in [4.78, 5) is 1.39. The Morgan fingerprint density at radius 1 is 1.43 bits per heavy atom. The summed E-state index contributed by atoms with van der Waals surface area (Å²) in [7, 11) is -3.44. The van der Waals surface area contributed by atoms with Gasteiger partial charge in [-0.05, 0) is 19.4 Å². The van der Waals surface area contributed by atoms with Crippen molar-refractivity contribution in [1.82, 2.24) is 10.0 Å². The Labute approximate surface area is 131 Å². The lowest BCUT2D eigenvalue weighted by Gasteiger charge is -2.18. The normalized spacial score (nSPS) is 21.0. The fourth-order valence-corrected chi connectivity index (χ4v) is 4.79. The van der Waals surface area contributed by atoms with Gasteiger partial charge in [-0.15, -0.1) is 11.3 Å². The summed E-state index contributed by atoms with van der Waals surface area (Å²) < 4.78 is 32.9. The molecule has 2 heterocycles. The van der Waals surface area contributed by atoms with Crippen LogP contribution in [0.5, 0.6) is 0 Å². The SMILES string of the molecule is CC(C)NCc1cc(S(=O)(=O)NC(C)C2CCOC2)cs1. The monoisotopic (exact) mass is 332 g/mol. The first-order valence-corrected chi connectivity index (χ1v) is 9.65. The minimum atomic E-state index is -3.44. The maximum atomic E-state index is 12.4. The number of hydrogen-bond acceptors (Lipinski definition) is 5. The second kappa shape index (κ2) is 7.19. The number of thiophene rings is 1. The third kappa shape index (κ3) is 4.75. The van der Waals surface area contributed by atoms with Crippen molar-refractivity contribution in [2.24, 2.45) is 5.92 Å². The first-order chi connectivity index (χ1) is 9.88. The molecule has 0 amide bonds. The van der Waals surface area contributed by atoms with E-state index in [-0.39, 0.29) is 12.0 Å². The van der Waals surface area contributed by atoms with Gasteiger partial charge in [0.1, 0.15) is 0 Å². The highest BCUT2D eigenvalue weighted by Crippen LogP contribution is 2.22. The highest BCUT2D eigenvalue weighted by atomic mass is 32.2. The summed E-state index contributed by atoms with van der Waals surface area (Å²) in [5.74, 6) is 0.264. The number of hydrogen-bond donors (Lipinski definition) is 2. The Kier molecular flexibility index (Phi) is 5.79. The van der Waals surface area contributed by atoms with Crippen molar-refractivity contribution in [3.05, 3.63) is 16.3 Å². The van der Waals surface area contributed by atoms with Crippen LogP contribution in [-0.4, -0.2) is 33.7 Å². The van der Waals surface area contributed by atoms with Gasteiger partial charge >= 0.3 is 0 Å². The zero-order valence-electron chi connectivity index (χ0n) is 12.8. The van der Waals surface area contributed by atoms with E-state index in [4.69, 9.17) is 4.74 Å². The molecule has 0 aliphatic carbocycles. The molecular weight excluding hydrogens is 308 g/mol. The highest BCUT2D eigenvalue weighted by molar-refractivity contribution is 7.89. The molecule has 0 radical (unpaired) electrons. The first-order valence-electron chi connectivity index (χ1n) is 7.29. The van der Waals surface area contributed by atoms with E-state index in [9.17, 15) is 8.42 Å². The van der Waals surface area contributed by atoms with Crippen LogP contribution in [0.25, 0.3) is 0 Å². The van der Waals surface area contributed by atoms with Gasteiger partial charge in [-0.25, -0.2) is 13.1 Å². The molecule has 120 valence electrons. The lowest BCUT2D eigenvalue weighted by atomic mass is 10.0. The summed E-state index contributed by atoms with van der Waals surface area (Å²) in [6, 6.07) is 2.03. The van der Waals surface area contributed by atoms with Crippen LogP contribution < -0.4 is 10.0 Å².